The Morgan fingerprint density at radius 2 is 1.64 bits per heavy atom. The molecule has 6 nitrogen and oxygen atoms in total. The molecule has 1 amide bonds. The number of nitrogens with zero attached hydrogens (tertiary/aromatic N) is 2. The van der Waals surface area contributed by atoms with Gasteiger partial charge in [-0.15, -0.1) is 11.6 Å². The maximum Gasteiger partial charge on any atom is 0.247 e. The molecule has 5 rings (SSSR count). The van der Waals surface area contributed by atoms with E-state index in [1.54, 1.807) is 0 Å². The molecule has 1 saturated carbocycles. The van der Waals surface area contributed by atoms with Gasteiger partial charge in [0.15, 0.2) is 0 Å². The van der Waals surface area contributed by atoms with Crippen LogP contribution >= 0.6 is 11.6 Å². The summed E-state index contributed by atoms with van der Waals surface area (Å²) in [6.07, 6.45) is 4.11. The number of hydrazone groups is 1. The number of halogens is 1. The molecule has 2 fully saturated rings. The van der Waals surface area contributed by atoms with Crippen LogP contribution in [-0.2, 0) is 14.8 Å². The lowest BCUT2D eigenvalue weighted by Crippen LogP contribution is -2.57. The van der Waals surface area contributed by atoms with E-state index in [1.807, 2.05) is 48.5 Å². The maximum atomic E-state index is 13.5. The van der Waals surface area contributed by atoms with Gasteiger partial charge < -0.3 is 5.32 Å². The van der Waals surface area contributed by atoms with Crippen molar-refractivity contribution in [2.75, 3.05) is 6.26 Å². The first-order chi connectivity index (χ1) is 15.8. The Kier molecular flexibility index (Phi) is 5.95. The fraction of sp³-hybridized carbons (Fsp3) is 0.440. The van der Waals surface area contributed by atoms with Crippen LogP contribution in [0.15, 0.2) is 65.8 Å². The summed E-state index contributed by atoms with van der Waals surface area (Å²) in [6.45, 7) is 0. The maximum absolute atomic E-state index is 13.5. The first-order valence-electron chi connectivity index (χ1n) is 11.4. The zero-order valence-electron chi connectivity index (χ0n) is 18.5. The van der Waals surface area contributed by atoms with Crippen molar-refractivity contribution >= 4 is 33.2 Å². The lowest BCUT2D eigenvalue weighted by Gasteiger charge is -2.46. The lowest BCUT2D eigenvalue weighted by atomic mass is 9.64. The van der Waals surface area contributed by atoms with Gasteiger partial charge in [-0.3, -0.25) is 4.79 Å². The van der Waals surface area contributed by atoms with E-state index in [2.05, 4.69) is 22.6 Å². The van der Waals surface area contributed by atoms with Gasteiger partial charge in [0.2, 0.25) is 15.9 Å². The second kappa shape index (κ2) is 8.76. The normalized spacial score (nSPS) is 32.1. The number of benzene rings is 2. The highest BCUT2D eigenvalue weighted by atomic mass is 35.5. The van der Waals surface area contributed by atoms with Gasteiger partial charge in [0.05, 0.1) is 23.9 Å². The summed E-state index contributed by atoms with van der Waals surface area (Å²) in [7, 11) is -3.61. The highest BCUT2D eigenvalue weighted by Crippen LogP contribution is 2.48. The number of hydrogen-bond acceptors (Lipinski definition) is 4. The van der Waals surface area contributed by atoms with E-state index in [0.717, 1.165) is 30.4 Å². The number of fused-ring (bicyclic) bond motifs is 1. The predicted octanol–water partition coefficient (Wildman–Crippen LogP) is 4.05. The molecule has 2 aliphatic heterocycles. The molecule has 33 heavy (non-hydrogen) atoms. The number of hydrogen-bond donors (Lipinski definition) is 1. The number of rotatable bonds is 4. The summed E-state index contributed by atoms with van der Waals surface area (Å²) >= 11 is 6.59. The number of alkyl halides is 1. The Labute approximate surface area is 200 Å². The molecule has 1 aliphatic carbocycles. The number of nitrogens with one attached hydrogen (secondary N) is 1. The largest absolute Gasteiger partial charge is 0.352 e. The van der Waals surface area contributed by atoms with Crippen molar-refractivity contribution in [1.82, 2.24) is 9.73 Å². The number of carbonyl (C=O) groups is 1. The van der Waals surface area contributed by atoms with E-state index in [4.69, 9.17) is 11.6 Å². The van der Waals surface area contributed by atoms with E-state index < -0.39 is 22.0 Å². The zero-order valence-corrected chi connectivity index (χ0v) is 20.0. The van der Waals surface area contributed by atoms with Crippen LogP contribution in [0.3, 0.4) is 0 Å². The third-order valence-corrected chi connectivity index (χ3v) is 8.64. The SMILES string of the molecule is CS(=O)(=O)N1N=C(C2C(=O)NC3CCC(Cl)CC3C2c2ccccc2)CC1c1ccccc1. The van der Waals surface area contributed by atoms with E-state index in [1.165, 1.54) is 10.7 Å². The van der Waals surface area contributed by atoms with E-state index in [0.29, 0.717) is 12.1 Å². The minimum atomic E-state index is -3.61. The van der Waals surface area contributed by atoms with Gasteiger partial charge in [0.1, 0.15) is 0 Å². The third-order valence-electron chi connectivity index (χ3n) is 7.23. The van der Waals surface area contributed by atoms with Crippen molar-refractivity contribution in [3.8, 4) is 0 Å². The Hall–Kier alpha value is -2.38. The van der Waals surface area contributed by atoms with Crippen LogP contribution in [0.25, 0.3) is 0 Å². The summed E-state index contributed by atoms with van der Waals surface area (Å²) in [4.78, 5) is 13.5. The quantitative estimate of drug-likeness (QED) is 0.663. The molecular weight excluding hydrogens is 458 g/mol. The number of amides is 1. The van der Waals surface area contributed by atoms with Gasteiger partial charge in [-0.2, -0.15) is 9.52 Å². The Morgan fingerprint density at radius 1 is 1.00 bits per heavy atom. The zero-order chi connectivity index (χ0) is 23.2. The third kappa shape index (κ3) is 4.28. The van der Waals surface area contributed by atoms with Crippen LogP contribution in [0.4, 0.5) is 0 Å². The van der Waals surface area contributed by atoms with E-state index in [9.17, 15) is 13.2 Å². The fourth-order valence-corrected chi connectivity index (χ4v) is 7.06. The van der Waals surface area contributed by atoms with Gasteiger partial charge in [-0.1, -0.05) is 60.7 Å². The first kappa shape index (κ1) is 22.4. The molecule has 6 atom stereocenters. The average Bonchev–Trinajstić information content (AvgIpc) is 3.25. The van der Waals surface area contributed by atoms with Crippen molar-refractivity contribution in [2.45, 2.75) is 49.1 Å². The van der Waals surface area contributed by atoms with Crippen LogP contribution < -0.4 is 5.32 Å². The molecule has 2 heterocycles. The second-order valence-electron chi connectivity index (χ2n) is 9.36. The smallest absolute Gasteiger partial charge is 0.247 e. The summed E-state index contributed by atoms with van der Waals surface area (Å²) in [5.74, 6) is -0.523. The summed E-state index contributed by atoms with van der Waals surface area (Å²) in [5, 5.41) is 7.89. The molecule has 1 saturated heterocycles. The summed E-state index contributed by atoms with van der Waals surface area (Å²) in [6, 6.07) is 19.2. The highest BCUT2D eigenvalue weighted by Gasteiger charge is 2.51. The summed E-state index contributed by atoms with van der Waals surface area (Å²) < 4.78 is 26.5. The second-order valence-corrected chi connectivity index (χ2v) is 11.8. The molecule has 0 aromatic heterocycles. The van der Waals surface area contributed by atoms with Gasteiger partial charge in [0, 0.05) is 23.8 Å². The minimum Gasteiger partial charge on any atom is -0.352 e. The Balaban J connectivity index is 1.57. The molecule has 2 aromatic carbocycles. The molecule has 0 bridgehead atoms. The molecule has 174 valence electrons. The van der Waals surface area contributed by atoms with Crippen LogP contribution in [-0.4, -0.2) is 42.1 Å². The number of piperidine rings is 1. The predicted molar refractivity (Wildman–Crippen MR) is 130 cm³/mol. The Bertz CT molecular complexity index is 1160. The fourth-order valence-electron chi connectivity index (χ4n) is 5.81. The van der Waals surface area contributed by atoms with Gasteiger partial charge in [-0.05, 0) is 36.3 Å². The standard InChI is InChI=1S/C25H28ClN3O3S/c1-33(31,32)29-22(16-8-4-2-5-9-16)15-21(28-29)24-23(17-10-6-3-7-11-17)19-14-18(26)12-13-20(19)27-25(24)30/h2-11,18-20,22-24H,12-15H2,1H3,(H,27,30). The minimum absolute atomic E-state index is 0.0703. The lowest BCUT2D eigenvalue weighted by molar-refractivity contribution is -0.128. The molecule has 2 aromatic rings. The van der Waals surface area contributed by atoms with E-state index in [-0.39, 0.29) is 29.2 Å². The molecule has 0 spiro atoms. The monoisotopic (exact) mass is 485 g/mol. The Morgan fingerprint density at radius 3 is 2.27 bits per heavy atom. The molecule has 3 aliphatic rings. The molecule has 8 heteroatoms. The van der Waals surface area contributed by atoms with E-state index >= 15 is 0 Å². The topological polar surface area (TPSA) is 78.8 Å². The van der Waals surface area contributed by atoms with Crippen LogP contribution in [0.2, 0.25) is 0 Å². The van der Waals surface area contributed by atoms with Crippen molar-refractivity contribution in [3.63, 3.8) is 0 Å². The molecular formula is C25H28ClN3O3S. The number of sulfonamides is 1. The average molecular weight is 486 g/mol. The van der Waals surface area contributed by atoms with Crippen LogP contribution in [0.1, 0.15) is 48.8 Å². The first-order valence-corrected chi connectivity index (χ1v) is 13.7. The van der Waals surface area contributed by atoms with Gasteiger partial charge in [-0.25, -0.2) is 8.42 Å². The van der Waals surface area contributed by atoms with Gasteiger partial charge in [0.25, 0.3) is 0 Å². The van der Waals surface area contributed by atoms with Gasteiger partial charge >= 0.3 is 0 Å². The van der Waals surface area contributed by atoms with Crippen molar-refractivity contribution in [1.29, 1.82) is 0 Å². The van der Waals surface area contributed by atoms with Crippen molar-refractivity contribution in [3.05, 3.63) is 71.8 Å². The highest BCUT2D eigenvalue weighted by molar-refractivity contribution is 7.88. The molecule has 1 N–H and O–H groups in total. The van der Waals surface area contributed by atoms with Crippen molar-refractivity contribution < 1.29 is 13.2 Å². The number of carbonyl (C=O) groups excluding carboxylic acids is 1. The summed E-state index contributed by atoms with van der Waals surface area (Å²) in [5.41, 5.74) is 2.57. The van der Waals surface area contributed by atoms with Crippen LogP contribution in [0, 0.1) is 11.8 Å². The van der Waals surface area contributed by atoms with Crippen LogP contribution in [0.5, 0.6) is 0 Å². The molecule has 0 radical (unpaired) electrons. The molecule has 6 unspecified atom stereocenters. The van der Waals surface area contributed by atoms with Crippen molar-refractivity contribution in [2.24, 2.45) is 16.9 Å².